The van der Waals surface area contributed by atoms with Crippen molar-refractivity contribution in [1.82, 2.24) is 15.2 Å². The van der Waals surface area contributed by atoms with Crippen LogP contribution in [-0.2, 0) is 0 Å². The standard InChI is InChI=1S/C19H11N3O3/c23-19-13(9-12-6-2-4-8-16(12)24-19)17-21-22-18(25-17)15-10-11-5-1-3-7-14(11)20-15/h1-10,20H. The van der Waals surface area contributed by atoms with Crippen molar-refractivity contribution < 1.29 is 8.83 Å². The number of aromatic nitrogens is 3. The average molecular weight is 329 g/mol. The summed E-state index contributed by atoms with van der Waals surface area (Å²) in [4.78, 5) is 15.4. The summed E-state index contributed by atoms with van der Waals surface area (Å²) in [6.45, 7) is 0. The summed E-state index contributed by atoms with van der Waals surface area (Å²) in [6, 6.07) is 18.8. The van der Waals surface area contributed by atoms with Gasteiger partial charge in [0.05, 0.1) is 0 Å². The number of rotatable bonds is 2. The Morgan fingerprint density at radius 1 is 0.800 bits per heavy atom. The molecule has 0 amide bonds. The second-order valence-electron chi connectivity index (χ2n) is 5.67. The maximum Gasteiger partial charge on any atom is 0.349 e. The molecule has 6 nitrogen and oxygen atoms in total. The quantitative estimate of drug-likeness (QED) is 0.495. The Bertz CT molecular complexity index is 1250. The lowest BCUT2D eigenvalue weighted by Crippen LogP contribution is -2.02. The highest BCUT2D eigenvalue weighted by Gasteiger charge is 2.16. The molecule has 1 N–H and O–H groups in total. The van der Waals surface area contributed by atoms with Crippen molar-refractivity contribution >= 4 is 21.9 Å². The molecule has 3 heterocycles. The number of para-hydroxylation sites is 2. The van der Waals surface area contributed by atoms with Gasteiger partial charge in [0.25, 0.3) is 11.8 Å². The molecule has 5 rings (SSSR count). The van der Waals surface area contributed by atoms with E-state index in [2.05, 4.69) is 15.2 Å². The Hall–Kier alpha value is -3.67. The van der Waals surface area contributed by atoms with E-state index >= 15 is 0 Å². The number of benzene rings is 2. The van der Waals surface area contributed by atoms with Gasteiger partial charge in [0.2, 0.25) is 0 Å². The van der Waals surface area contributed by atoms with Gasteiger partial charge in [0.1, 0.15) is 16.8 Å². The second-order valence-corrected chi connectivity index (χ2v) is 5.67. The van der Waals surface area contributed by atoms with Crippen LogP contribution in [0.2, 0.25) is 0 Å². The zero-order valence-corrected chi connectivity index (χ0v) is 12.9. The molecule has 5 aromatic rings. The largest absolute Gasteiger partial charge is 0.422 e. The van der Waals surface area contributed by atoms with Crippen LogP contribution in [0, 0.1) is 0 Å². The van der Waals surface area contributed by atoms with Crippen molar-refractivity contribution in [2.24, 2.45) is 0 Å². The Balaban J connectivity index is 1.62. The highest BCUT2D eigenvalue weighted by atomic mass is 16.4. The van der Waals surface area contributed by atoms with Crippen LogP contribution >= 0.6 is 0 Å². The maximum atomic E-state index is 12.2. The van der Waals surface area contributed by atoms with Crippen LogP contribution in [0.25, 0.3) is 44.9 Å². The van der Waals surface area contributed by atoms with E-state index in [0.717, 1.165) is 16.3 Å². The van der Waals surface area contributed by atoms with Gasteiger partial charge < -0.3 is 13.8 Å². The summed E-state index contributed by atoms with van der Waals surface area (Å²) >= 11 is 0. The molecule has 25 heavy (non-hydrogen) atoms. The van der Waals surface area contributed by atoms with E-state index in [9.17, 15) is 4.79 Å². The van der Waals surface area contributed by atoms with Gasteiger partial charge in [-0.2, -0.15) is 0 Å². The van der Waals surface area contributed by atoms with Crippen LogP contribution in [0.1, 0.15) is 0 Å². The first-order valence-corrected chi connectivity index (χ1v) is 7.73. The first-order chi connectivity index (χ1) is 12.3. The fraction of sp³-hybridized carbons (Fsp3) is 0. The first-order valence-electron chi connectivity index (χ1n) is 7.73. The topological polar surface area (TPSA) is 84.9 Å². The Morgan fingerprint density at radius 2 is 1.56 bits per heavy atom. The minimum atomic E-state index is -0.509. The van der Waals surface area contributed by atoms with Gasteiger partial charge >= 0.3 is 5.63 Å². The minimum Gasteiger partial charge on any atom is -0.422 e. The van der Waals surface area contributed by atoms with Gasteiger partial charge in [-0.25, -0.2) is 4.79 Å². The summed E-state index contributed by atoms with van der Waals surface area (Å²) in [7, 11) is 0. The molecule has 0 radical (unpaired) electrons. The van der Waals surface area contributed by atoms with E-state index in [0.29, 0.717) is 17.2 Å². The third-order valence-corrected chi connectivity index (χ3v) is 4.06. The molecule has 0 unspecified atom stereocenters. The van der Waals surface area contributed by atoms with Gasteiger partial charge in [0.15, 0.2) is 0 Å². The van der Waals surface area contributed by atoms with Gasteiger partial charge in [-0.3, -0.25) is 0 Å². The molecular weight excluding hydrogens is 318 g/mol. The number of fused-ring (bicyclic) bond motifs is 2. The van der Waals surface area contributed by atoms with Crippen molar-refractivity contribution in [3.63, 3.8) is 0 Å². The number of nitrogens with one attached hydrogen (secondary N) is 1. The Labute approximate surface area is 140 Å². The number of H-pyrrole nitrogens is 1. The Morgan fingerprint density at radius 3 is 2.44 bits per heavy atom. The van der Waals surface area contributed by atoms with Crippen LogP contribution in [0.15, 0.2) is 74.3 Å². The third-order valence-electron chi connectivity index (χ3n) is 4.06. The number of hydrogen-bond acceptors (Lipinski definition) is 5. The smallest absolute Gasteiger partial charge is 0.349 e. The maximum absolute atomic E-state index is 12.2. The van der Waals surface area contributed by atoms with Crippen molar-refractivity contribution in [3.05, 3.63) is 71.1 Å². The van der Waals surface area contributed by atoms with Crippen molar-refractivity contribution in [1.29, 1.82) is 0 Å². The zero-order chi connectivity index (χ0) is 16.8. The molecule has 6 heteroatoms. The number of aromatic amines is 1. The summed E-state index contributed by atoms with van der Waals surface area (Å²) in [6.07, 6.45) is 0. The van der Waals surface area contributed by atoms with Crippen molar-refractivity contribution in [3.8, 4) is 23.0 Å². The summed E-state index contributed by atoms with van der Waals surface area (Å²) < 4.78 is 11.0. The lowest BCUT2D eigenvalue weighted by molar-refractivity contribution is 0.547. The normalized spacial score (nSPS) is 11.4. The average Bonchev–Trinajstić information content (AvgIpc) is 3.28. The number of nitrogens with zero attached hydrogens (tertiary/aromatic N) is 2. The molecule has 0 spiro atoms. The molecule has 120 valence electrons. The van der Waals surface area contributed by atoms with E-state index in [4.69, 9.17) is 8.83 Å². The van der Waals surface area contributed by atoms with Crippen LogP contribution in [0.3, 0.4) is 0 Å². The summed E-state index contributed by atoms with van der Waals surface area (Å²) in [5.74, 6) is 0.451. The van der Waals surface area contributed by atoms with Crippen LogP contribution in [-0.4, -0.2) is 15.2 Å². The molecule has 0 atom stereocenters. The fourth-order valence-corrected chi connectivity index (χ4v) is 2.84. The van der Waals surface area contributed by atoms with E-state index in [1.54, 1.807) is 12.1 Å². The molecule has 0 saturated heterocycles. The van der Waals surface area contributed by atoms with Crippen LogP contribution in [0.4, 0.5) is 0 Å². The lowest BCUT2D eigenvalue weighted by Gasteiger charge is -1.97. The van der Waals surface area contributed by atoms with Crippen molar-refractivity contribution in [2.45, 2.75) is 0 Å². The van der Waals surface area contributed by atoms with Gasteiger partial charge in [-0.1, -0.05) is 36.4 Å². The van der Waals surface area contributed by atoms with Gasteiger partial charge in [0, 0.05) is 16.3 Å². The third kappa shape index (κ3) is 2.23. The van der Waals surface area contributed by atoms with Gasteiger partial charge in [-0.05, 0) is 24.3 Å². The van der Waals surface area contributed by atoms with E-state index in [1.165, 1.54) is 0 Å². The van der Waals surface area contributed by atoms with Gasteiger partial charge in [-0.15, -0.1) is 10.2 Å². The van der Waals surface area contributed by atoms with E-state index < -0.39 is 5.63 Å². The predicted octanol–water partition coefficient (Wildman–Crippen LogP) is 3.99. The molecular formula is C19H11N3O3. The van der Waals surface area contributed by atoms with E-state index in [1.807, 2.05) is 48.5 Å². The Kier molecular flexibility index (Phi) is 2.84. The summed E-state index contributed by atoms with van der Waals surface area (Å²) in [5.41, 5.74) is 1.93. The molecule has 0 aliphatic rings. The van der Waals surface area contributed by atoms with Crippen LogP contribution < -0.4 is 5.63 Å². The molecule has 0 fully saturated rings. The molecule has 0 saturated carbocycles. The highest BCUT2D eigenvalue weighted by Crippen LogP contribution is 2.26. The fourth-order valence-electron chi connectivity index (χ4n) is 2.84. The molecule has 2 aromatic carbocycles. The first kappa shape index (κ1) is 13.7. The van der Waals surface area contributed by atoms with E-state index in [-0.39, 0.29) is 11.5 Å². The van der Waals surface area contributed by atoms with Crippen LogP contribution in [0.5, 0.6) is 0 Å². The predicted molar refractivity (Wildman–Crippen MR) is 93.1 cm³/mol. The zero-order valence-electron chi connectivity index (χ0n) is 12.9. The van der Waals surface area contributed by atoms with Crippen molar-refractivity contribution in [2.75, 3.05) is 0 Å². The summed E-state index contributed by atoms with van der Waals surface area (Å²) in [5, 5.41) is 9.89. The molecule has 0 aliphatic carbocycles. The molecule has 3 aromatic heterocycles. The second kappa shape index (κ2) is 5.17. The monoisotopic (exact) mass is 329 g/mol. The number of hydrogen-bond donors (Lipinski definition) is 1. The SMILES string of the molecule is O=c1oc2ccccc2cc1-c1nnc(-c2cc3ccccc3[nH]2)o1. The molecule has 0 aliphatic heterocycles. The minimum absolute atomic E-state index is 0.133. The molecule has 0 bridgehead atoms. The lowest BCUT2D eigenvalue weighted by atomic mass is 10.2. The highest BCUT2D eigenvalue weighted by molar-refractivity contribution is 5.84.